The average Bonchev–Trinajstić information content (AvgIpc) is 3.27. The molecule has 0 bridgehead atoms. The molecule has 1 aliphatic rings. The van der Waals surface area contributed by atoms with Gasteiger partial charge in [-0.05, 0) is 32.1 Å². The van der Waals surface area contributed by atoms with Crippen LogP contribution in [0.1, 0.15) is 72.0 Å². The van der Waals surface area contributed by atoms with E-state index in [2.05, 4.69) is 46.2 Å². The summed E-state index contributed by atoms with van der Waals surface area (Å²) in [5.74, 6) is 2.47. The maximum absolute atomic E-state index is 12.0. The number of unbranched alkanes of at least 4 members (excludes halogenated alkanes) is 1. The molecule has 1 fully saturated rings. The quantitative estimate of drug-likeness (QED) is 0.223. The van der Waals surface area contributed by atoms with Gasteiger partial charge in [-0.2, -0.15) is 0 Å². The number of hydrogen-bond acceptors (Lipinski definition) is 5. The van der Waals surface area contributed by atoms with Crippen molar-refractivity contribution in [3.63, 3.8) is 0 Å². The Morgan fingerprint density at radius 3 is 2.67 bits per heavy atom. The number of aliphatic imine (C=N–C) groups is 1. The molecule has 1 amide bonds. The second-order valence-corrected chi connectivity index (χ2v) is 8.43. The molecule has 2 rings (SSSR count). The number of aromatic nitrogens is 3. The van der Waals surface area contributed by atoms with Gasteiger partial charge in [-0.1, -0.05) is 40.0 Å². The summed E-state index contributed by atoms with van der Waals surface area (Å²) in [5.41, 5.74) is 0. The first kappa shape index (κ1) is 29.4. The van der Waals surface area contributed by atoms with Gasteiger partial charge in [0.25, 0.3) is 0 Å². The second kappa shape index (κ2) is 16.9. The highest BCUT2D eigenvalue weighted by molar-refractivity contribution is 14.0. The van der Waals surface area contributed by atoms with E-state index in [1.54, 1.807) is 11.2 Å². The second-order valence-electron chi connectivity index (χ2n) is 8.43. The van der Waals surface area contributed by atoms with Crippen molar-refractivity contribution in [1.29, 1.82) is 0 Å². The highest BCUT2D eigenvalue weighted by Gasteiger charge is 2.24. The summed E-state index contributed by atoms with van der Waals surface area (Å²) in [7, 11) is 0. The van der Waals surface area contributed by atoms with E-state index in [-0.39, 0.29) is 30.1 Å². The minimum Gasteiger partial charge on any atom is -0.450 e. The summed E-state index contributed by atoms with van der Waals surface area (Å²) < 4.78 is 7.21. The molecule has 190 valence electrons. The van der Waals surface area contributed by atoms with Crippen molar-refractivity contribution in [2.75, 3.05) is 32.8 Å². The molecule has 0 spiro atoms. The van der Waals surface area contributed by atoms with Crippen LogP contribution >= 0.6 is 24.0 Å². The molecular weight excluding hydrogens is 533 g/mol. The molecule has 0 saturated carbocycles. The zero-order valence-corrected chi connectivity index (χ0v) is 23.2. The van der Waals surface area contributed by atoms with Gasteiger partial charge in [-0.15, -0.1) is 34.2 Å². The summed E-state index contributed by atoms with van der Waals surface area (Å²) >= 11 is 0. The molecular formula is C23H44IN7O2. The molecule has 0 aromatic carbocycles. The molecule has 2 N–H and O–H groups in total. The Balaban J connectivity index is 0.00000544. The molecule has 1 aromatic rings. The number of nitrogens with one attached hydrogen (secondary N) is 2. The van der Waals surface area contributed by atoms with Crippen LogP contribution in [0.5, 0.6) is 0 Å². The molecule has 10 heteroatoms. The van der Waals surface area contributed by atoms with Crippen molar-refractivity contribution >= 4 is 36.0 Å². The third-order valence-electron chi connectivity index (χ3n) is 6.07. The Labute approximate surface area is 216 Å². The van der Waals surface area contributed by atoms with Gasteiger partial charge >= 0.3 is 6.09 Å². The largest absolute Gasteiger partial charge is 0.450 e. The first-order valence-electron chi connectivity index (χ1n) is 12.4. The molecule has 0 aliphatic carbocycles. The predicted octanol–water partition coefficient (Wildman–Crippen LogP) is 3.83. The van der Waals surface area contributed by atoms with E-state index in [0.717, 1.165) is 57.1 Å². The van der Waals surface area contributed by atoms with Gasteiger partial charge < -0.3 is 24.8 Å². The van der Waals surface area contributed by atoms with Crippen LogP contribution in [0.3, 0.4) is 0 Å². The fraction of sp³-hybridized carbons (Fsp3) is 0.826. The minimum atomic E-state index is -0.208. The predicted molar refractivity (Wildman–Crippen MR) is 143 cm³/mol. The number of piperidine rings is 1. The molecule has 2 heterocycles. The van der Waals surface area contributed by atoms with E-state index in [1.807, 2.05) is 6.92 Å². The van der Waals surface area contributed by atoms with Crippen LogP contribution in [-0.4, -0.2) is 70.5 Å². The Morgan fingerprint density at radius 2 is 2.03 bits per heavy atom. The lowest BCUT2D eigenvalue weighted by atomic mass is 10.00. The Hall–Kier alpha value is -1.59. The monoisotopic (exact) mass is 577 g/mol. The number of likely N-dealkylation sites (tertiary alicyclic amines) is 1. The smallest absolute Gasteiger partial charge is 0.409 e. The normalized spacial score (nSPS) is 15.6. The summed E-state index contributed by atoms with van der Waals surface area (Å²) in [6.45, 7) is 12.6. The number of carbonyl (C=O) groups excluding carboxylic acids is 1. The highest BCUT2D eigenvalue weighted by atomic mass is 127. The fourth-order valence-corrected chi connectivity index (χ4v) is 3.94. The van der Waals surface area contributed by atoms with Crippen molar-refractivity contribution in [1.82, 2.24) is 30.3 Å². The van der Waals surface area contributed by atoms with Crippen LogP contribution < -0.4 is 10.6 Å². The highest BCUT2D eigenvalue weighted by Crippen LogP contribution is 2.14. The molecule has 1 atom stereocenters. The van der Waals surface area contributed by atoms with E-state index >= 15 is 0 Å². The number of nitrogens with zero attached hydrogens (tertiary/aromatic N) is 5. The van der Waals surface area contributed by atoms with Crippen LogP contribution in [0.4, 0.5) is 4.79 Å². The summed E-state index contributed by atoms with van der Waals surface area (Å²) in [6, 6.07) is 0.295. The van der Waals surface area contributed by atoms with E-state index in [0.29, 0.717) is 31.7 Å². The number of halogens is 1. The molecule has 1 unspecified atom stereocenters. The van der Waals surface area contributed by atoms with E-state index in [1.165, 1.54) is 19.3 Å². The summed E-state index contributed by atoms with van der Waals surface area (Å²) in [5, 5.41) is 15.3. The lowest BCUT2D eigenvalue weighted by molar-refractivity contribution is 0.0963. The van der Waals surface area contributed by atoms with Gasteiger partial charge in [-0.3, -0.25) is 4.99 Å². The van der Waals surface area contributed by atoms with Crippen LogP contribution in [0.2, 0.25) is 0 Å². The van der Waals surface area contributed by atoms with Crippen molar-refractivity contribution in [2.24, 2.45) is 10.9 Å². The van der Waals surface area contributed by atoms with Crippen LogP contribution in [0.15, 0.2) is 11.3 Å². The number of ether oxygens (including phenoxy) is 1. The number of carbonyl (C=O) groups is 1. The Bertz CT molecular complexity index is 690. The van der Waals surface area contributed by atoms with E-state index < -0.39 is 0 Å². The molecule has 0 radical (unpaired) electrons. The van der Waals surface area contributed by atoms with Gasteiger partial charge in [0.15, 0.2) is 5.96 Å². The first-order chi connectivity index (χ1) is 15.6. The number of amides is 1. The van der Waals surface area contributed by atoms with Crippen LogP contribution in [-0.2, 0) is 17.7 Å². The van der Waals surface area contributed by atoms with Crippen molar-refractivity contribution < 1.29 is 9.53 Å². The first-order valence-corrected chi connectivity index (χ1v) is 12.4. The lowest BCUT2D eigenvalue weighted by Gasteiger charge is -2.32. The number of hydrogen-bond donors (Lipinski definition) is 2. The van der Waals surface area contributed by atoms with Crippen molar-refractivity contribution in [3.8, 4) is 0 Å². The average molecular weight is 578 g/mol. The number of rotatable bonds is 12. The van der Waals surface area contributed by atoms with Gasteiger partial charge in [0.1, 0.15) is 12.2 Å². The van der Waals surface area contributed by atoms with E-state index in [4.69, 9.17) is 9.73 Å². The van der Waals surface area contributed by atoms with Gasteiger partial charge in [0, 0.05) is 45.2 Å². The van der Waals surface area contributed by atoms with E-state index in [9.17, 15) is 4.79 Å². The summed E-state index contributed by atoms with van der Waals surface area (Å²) in [6.07, 6.45) is 9.07. The standard InChI is InChI=1S/C23H43N7O2.HI/c1-5-9-10-19(6-2)17-25-22(24-13-16-30-18-26-28-21(30)7-3)27-20-11-14-29(15-12-20)23(31)32-8-4;/h18-20H,5-17H2,1-4H3,(H2,24,25,27);1H. The lowest BCUT2D eigenvalue weighted by Crippen LogP contribution is -2.50. The molecule has 9 nitrogen and oxygen atoms in total. The zero-order chi connectivity index (χ0) is 23.2. The molecule has 33 heavy (non-hydrogen) atoms. The fourth-order valence-electron chi connectivity index (χ4n) is 3.94. The third-order valence-corrected chi connectivity index (χ3v) is 6.07. The maximum Gasteiger partial charge on any atom is 0.409 e. The maximum atomic E-state index is 12.0. The number of aryl methyl sites for hydroxylation is 1. The Morgan fingerprint density at radius 1 is 1.27 bits per heavy atom. The SMILES string of the molecule is CCCCC(CC)CN=C(NCCn1cnnc1CC)NC1CCN(C(=O)OCC)CC1.I. The summed E-state index contributed by atoms with van der Waals surface area (Å²) in [4.78, 5) is 18.7. The minimum absolute atomic E-state index is 0. The molecule has 1 aliphatic heterocycles. The van der Waals surface area contributed by atoms with Crippen molar-refractivity contribution in [3.05, 3.63) is 12.2 Å². The van der Waals surface area contributed by atoms with Crippen LogP contribution in [0, 0.1) is 5.92 Å². The van der Waals surface area contributed by atoms with Crippen molar-refractivity contribution in [2.45, 2.75) is 85.2 Å². The molecule has 1 aromatic heterocycles. The third kappa shape index (κ3) is 10.5. The molecule has 1 saturated heterocycles. The zero-order valence-electron chi connectivity index (χ0n) is 20.9. The van der Waals surface area contributed by atoms with Crippen LogP contribution in [0.25, 0.3) is 0 Å². The van der Waals surface area contributed by atoms with Gasteiger partial charge in [0.05, 0.1) is 6.61 Å². The van der Waals surface area contributed by atoms with Gasteiger partial charge in [0.2, 0.25) is 0 Å². The number of guanidine groups is 1. The topological polar surface area (TPSA) is 96.7 Å². The van der Waals surface area contributed by atoms with Gasteiger partial charge in [-0.25, -0.2) is 4.79 Å². The Kier molecular flexibility index (Phi) is 15.1.